The second-order valence-corrected chi connectivity index (χ2v) is 5.94. The molecule has 0 aliphatic heterocycles. The van der Waals surface area contributed by atoms with Gasteiger partial charge in [0, 0.05) is 29.1 Å². The first kappa shape index (κ1) is 16.8. The highest BCUT2D eigenvalue weighted by molar-refractivity contribution is 5.89. The summed E-state index contributed by atoms with van der Waals surface area (Å²) < 4.78 is 5.07. The summed E-state index contributed by atoms with van der Waals surface area (Å²) in [7, 11) is 0. The first-order valence-corrected chi connectivity index (χ1v) is 8.09. The lowest BCUT2D eigenvalue weighted by atomic mass is 10.1. The number of hydrogen-bond donors (Lipinski definition) is 3. The van der Waals surface area contributed by atoms with Crippen LogP contribution in [0.4, 0.5) is 0 Å². The van der Waals surface area contributed by atoms with E-state index in [0.29, 0.717) is 12.2 Å². The van der Waals surface area contributed by atoms with Crippen LogP contribution in [0.5, 0.6) is 0 Å². The van der Waals surface area contributed by atoms with Crippen LogP contribution < -0.4 is 10.9 Å². The van der Waals surface area contributed by atoms with Crippen LogP contribution in [0.25, 0.3) is 10.9 Å². The van der Waals surface area contributed by atoms with Crippen molar-refractivity contribution in [2.24, 2.45) is 0 Å². The van der Waals surface area contributed by atoms with E-state index >= 15 is 0 Å². The van der Waals surface area contributed by atoms with E-state index < -0.39 is 0 Å². The van der Waals surface area contributed by atoms with Gasteiger partial charge in [-0.2, -0.15) is 0 Å². The molecule has 7 heteroatoms. The average Bonchev–Trinajstić information content (AvgIpc) is 3.15. The molecule has 0 aliphatic carbocycles. The number of hydrogen-bond acceptors (Lipinski definition) is 4. The van der Waals surface area contributed by atoms with Crippen molar-refractivity contribution in [2.45, 2.75) is 33.1 Å². The number of rotatable bonds is 5. The van der Waals surface area contributed by atoms with Crippen molar-refractivity contribution >= 4 is 22.7 Å². The van der Waals surface area contributed by atoms with E-state index in [1.165, 1.54) is 0 Å². The highest BCUT2D eigenvalue weighted by Gasteiger charge is 2.12. The van der Waals surface area contributed by atoms with Crippen molar-refractivity contribution in [3.63, 3.8) is 0 Å². The van der Waals surface area contributed by atoms with E-state index in [4.69, 9.17) is 4.52 Å². The molecule has 7 nitrogen and oxygen atoms in total. The Balaban J connectivity index is 1.48. The molecule has 0 atom stereocenters. The number of aromatic nitrogens is 2. The first-order chi connectivity index (χ1) is 12.0. The summed E-state index contributed by atoms with van der Waals surface area (Å²) in [6.07, 6.45) is 2.76. The molecule has 1 aromatic carbocycles. The fourth-order valence-electron chi connectivity index (χ4n) is 2.79. The highest BCUT2D eigenvalue weighted by Crippen LogP contribution is 2.18. The van der Waals surface area contributed by atoms with E-state index in [1.54, 1.807) is 0 Å². The molecule has 0 spiro atoms. The highest BCUT2D eigenvalue weighted by atomic mass is 16.5. The number of nitrogens with one attached hydrogen (secondary N) is 3. The lowest BCUT2D eigenvalue weighted by Gasteiger charge is -2.07. The Morgan fingerprint density at radius 3 is 2.68 bits per heavy atom. The van der Waals surface area contributed by atoms with Crippen LogP contribution in [0.1, 0.15) is 29.0 Å². The Morgan fingerprint density at radius 2 is 1.92 bits per heavy atom. The zero-order valence-electron chi connectivity index (χ0n) is 14.2. The third-order valence-electron chi connectivity index (χ3n) is 4.15. The number of H-pyrrole nitrogens is 1. The number of carbonyl (C=O) groups is 2. The summed E-state index contributed by atoms with van der Waals surface area (Å²) in [6.45, 7) is 3.66. The number of aromatic amines is 1. The van der Waals surface area contributed by atoms with Crippen molar-refractivity contribution < 1.29 is 14.1 Å². The van der Waals surface area contributed by atoms with Gasteiger partial charge in [-0.25, -0.2) is 0 Å². The largest absolute Gasteiger partial charge is 0.361 e. The van der Waals surface area contributed by atoms with Crippen LogP contribution in [0.15, 0.2) is 35.0 Å². The molecular formula is C18H20N4O3. The first-order valence-electron chi connectivity index (χ1n) is 8.09. The summed E-state index contributed by atoms with van der Waals surface area (Å²) in [4.78, 5) is 27.1. The molecule has 3 N–H and O–H groups in total. The van der Waals surface area contributed by atoms with Crippen molar-refractivity contribution in [2.75, 3.05) is 0 Å². The minimum Gasteiger partial charge on any atom is -0.361 e. The lowest BCUT2D eigenvalue weighted by molar-refractivity contribution is -0.128. The Morgan fingerprint density at radius 1 is 1.16 bits per heavy atom. The van der Waals surface area contributed by atoms with Crippen LogP contribution in [0.2, 0.25) is 0 Å². The van der Waals surface area contributed by atoms with Gasteiger partial charge in [-0.1, -0.05) is 23.4 Å². The molecule has 0 saturated carbocycles. The smallest absolute Gasteiger partial charge is 0.242 e. The van der Waals surface area contributed by atoms with Crippen LogP contribution in [-0.4, -0.2) is 22.0 Å². The molecule has 2 heterocycles. The van der Waals surface area contributed by atoms with Gasteiger partial charge in [0.2, 0.25) is 11.8 Å². The van der Waals surface area contributed by atoms with Gasteiger partial charge in [-0.3, -0.25) is 20.4 Å². The second kappa shape index (κ2) is 7.21. The molecule has 0 radical (unpaired) electrons. The molecule has 0 saturated heterocycles. The molecule has 3 aromatic rings. The number of benzene rings is 1. The summed E-state index contributed by atoms with van der Waals surface area (Å²) >= 11 is 0. The summed E-state index contributed by atoms with van der Waals surface area (Å²) in [6, 6.07) is 7.76. The van der Waals surface area contributed by atoms with Gasteiger partial charge in [0.15, 0.2) is 0 Å². The number of aryl methyl sites for hydroxylation is 2. The summed E-state index contributed by atoms with van der Waals surface area (Å²) in [5.74, 6) is 0.191. The van der Waals surface area contributed by atoms with Gasteiger partial charge < -0.3 is 9.51 Å². The monoisotopic (exact) mass is 340 g/mol. The van der Waals surface area contributed by atoms with Crippen molar-refractivity contribution in [3.05, 3.63) is 53.0 Å². The molecule has 0 bridgehead atoms. The Bertz CT molecular complexity index is 891. The molecule has 0 fully saturated rings. The van der Waals surface area contributed by atoms with Gasteiger partial charge in [0.25, 0.3) is 0 Å². The van der Waals surface area contributed by atoms with Gasteiger partial charge in [-0.05, 0) is 31.9 Å². The Labute approximate surface area is 144 Å². The number of para-hydroxylation sites is 1. The number of amides is 2. The van der Waals surface area contributed by atoms with E-state index in [1.807, 2.05) is 44.3 Å². The van der Waals surface area contributed by atoms with E-state index in [9.17, 15) is 9.59 Å². The zero-order chi connectivity index (χ0) is 17.8. The maximum atomic E-state index is 12.0. The topological polar surface area (TPSA) is 100 Å². The van der Waals surface area contributed by atoms with Crippen molar-refractivity contribution in [1.82, 2.24) is 21.0 Å². The zero-order valence-corrected chi connectivity index (χ0v) is 14.2. The van der Waals surface area contributed by atoms with Gasteiger partial charge in [0.1, 0.15) is 5.76 Å². The fourth-order valence-corrected chi connectivity index (χ4v) is 2.79. The maximum Gasteiger partial charge on any atom is 0.242 e. The van der Waals surface area contributed by atoms with E-state index in [-0.39, 0.29) is 24.7 Å². The SMILES string of the molecule is Cc1noc(C)c1CCC(=O)NNC(=O)Cc1c[nH]c2ccccc12. The Hall–Kier alpha value is -3.09. The standard InChI is InChI=1S/C18H20N4O3/c1-11-14(12(2)25-22-11)7-8-17(23)20-21-18(24)9-13-10-19-16-6-4-3-5-15(13)16/h3-6,10,19H,7-9H2,1-2H3,(H,20,23)(H,21,24). The molecule has 25 heavy (non-hydrogen) atoms. The average molecular weight is 340 g/mol. The molecule has 2 amide bonds. The third-order valence-corrected chi connectivity index (χ3v) is 4.15. The number of carbonyl (C=O) groups excluding carboxylic acids is 2. The molecule has 2 aromatic heterocycles. The van der Waals surface area contributed by atoms with Gasteiger partial charge in [0.05, 0.1) is 12.1 Å². The van der Waals surface area contributed by atoms with Crippen molar-refractivity contribution in [1.29, 1.82) is 0 Å². The normalized spacial score (nSPS) is 10.8. The van der Waals surface area contributed by atoms with Crippen LogP contribution in [-0.2, 0) is 22.4 Å². The van der Waals surface area contributed by atoms with Gasteiger partial charge >= 0.3 is 0 Å². The molecule has 3 rings (SSSR count). The van der Waals surface area contributed by atoms with Crippen molar-refractivity contribution in [3.8, 4) is 0 Å². The minimum absolute atomic E-state index is 0.189. The van der Waals surface area contributed by atoms with Crippen LogP contribution >= 0.6 is 0 Å². The second-order valence-electron chi connectivity index (χ2n) is 5.94. The number of hydrazine groups is 1. The minimum atomic E-state index is -0.268. The summed E-state index contributed by atoms with van der Waals surface area (Å²) in [5.41, 5.74) is 8.48. The molecule has 130 valence electrons. The number of fused-ring (bicyclic) bond motifs is 1. The number of nitrogens with zero attached hydrogens (tertiary/aromatic N) is 1. The van der Waals surface area contributed by atoms with E-state index in [0.717, 1.165) is 27.7 Å². The summed E-state index contributed by atoms with van der Waals surface area (Å²) in [5, 5.41) is 4.86. The maximum absolute atomic E-state index is 12.0. The molecule has 0 aliphatic rings. The lowest BCUT2D eigenvalue weighted by Crippen LogP contribution is -2.42. The molecule has 0 unspecified atom stereocenters. The fraction of sp³-hybridized carbons (Fsp3) is 0.278. The Kier molecular flexibility index (Phi) is 4.83. The predicted octanol–water partition coefficient (Wildman–Crippen LogP) is 2.10. The predicted molar refractivity (Wildman–Crippen MR) is 92.6 cm³/mol. The third kappa shape index (κ3) is 3.88. The quantitative estimate of drug-likeness (QED) is 0.619. The van der Waals surface area contributed by atoms with E-state index in [2.05, 4.69) is 21.0 Å². The molecular weight excluding hydrogens is 320 g/mol. The van der Waals surface area contributed by atoms with Gasteiger partial charge in [-0.15, -0.1) is 0 Å². The van der Waals surface area contributed by atoms with Crippen LogP contribution in [0, 0.1) is 13.8 Å². The van der Waals surface area contributed by atoms with Crippen LogP contribution in [0.3, 0.4) is 0 Å².